The maximum absolute atomic E-state index is 4.36. The molecular formula is C52H54. The highest BCUT2D eigenvalue weighted by molar-refractivity contribution is 6.12. The summed E-state index contributed by atoms with van der Waals surface area (Å²) in [6.45, 7) is 26.6. The van der Waals surface area contributed by atoms with E-state index < -0.39 is 0 Å². The third-order valence-corrected chi connectivity index (χ3v) is 9.33. The van der Waals surface area contributed by atoms with Crippen molar-refractivity contribution >= 4 is 34.1 Å². The summed E-state index contributed by atoms with van der Waals surface area (Å²) in [5.74, 6) is 0. The quantitative estimate of drug-likeness (QED) is 0.0859. The summed E-state index contributed by atoms with van der Waals surface area (Å²) < 4.78 is 0. The van der Waals surface area contributed by atoms with Crippen molar-refractivity contribution in [2.45, 2.75) is 53.9 Å². The Morgan fingerprint density at radius 2 is 1.17 bits per heavy atom. The number of hydrogen-bond donors (Lipinski definition) is 0. The zero-order valence-electron chi connectivity index (χ0n) is 31.9. The first-order valence-electron chi connectivity index (χ1n) is 18.4. The SMILES string of the molecule is C=C/C=C(\CCC)c1ccc(-c2c(C=C)c(C=C)c(-c3ccc(C(/C=C\C=C/C)=C(\C)CC)cc3)c3ccc(-c4ccccc4)cc23)cc1.C=CC. The molecule has 262 valence electrons. The van der Waals surface area contributed by atoms with Crippen molar-refractivity contribution in [1.29, 1.82) is 0 Å². The number of fused-ring (bicyclic) bond motifs is 1. The first-order chi connectivity index (χ1) is 25.4. The van der Waals surface area contributed by atoms with Crippen LogP contribution in [0, 0.1) is 0 Å². The van der Waals surface area contributed by atoms with Gasteiger partial charge in [-0.1, -0.05) is 191 Å². The highest BCUT2D eigenvalue weighted by Gasteiger charge is 2.20. The molecule has 0 heteroatoms. The van der Waals surface area contributed by atoms with E-state index in [4.69, 9.17) is 0 Å². The fourth-order valence-corrected chi connectivity index (χ4v) is 6.73. The molecule has 5 aromatic carbocycles. The highest BCUT2D eigenvalue weighted by Crippen LogP contribution is 2.45. The van der Waals surface area contributed by atoms with Crippen LogP contribution in [-0.2, 0) is 0 Å². The molecule has 52 heavy (non-hydrogen) atoms. The van der Waals surface area contributed by atoms with E-state index in [1.54, 1.807) is 6.08 Å². The van der Waals surface area contributed by atoms with E-state index >= 15 is 0 Å². The first-order valence-corrected chi connectivity index (χ1v) is 18.4. The average Bonchev–Trinajstić information content (AvgIpc) is 3.19. The minimum Gasteiger partial charge on any atom is -0.103 e. The van der Waals surface area contributed by atoms with Gasteiger partial charge >= 0.3 is 0 Å². The second kappa shape index (κ2) is 19.6. The highest BCUT2D eigenvalue weighted by atomic mass is 14.2. The van der Waals surface area contributed by atoms with Crippen LogP contribution in [0.2, 0.25) is 0 Å². The van der Waals surface area contributed by atoms with Gasteiger partial charge in [0.15, 0.2) is 0 Å². The molecule has 0 unspecified atom stereocenters. The van der Waals surface area contributed by atoms with Crippen LogP contribution in [0.4, 0.5) is 0 Å². The Kier molecular flexibility index (Phi) is 14.7. The van der Waals surface area contributed by atoms with Crippen LogP contribution in [-0.4, -0.2) is 0 Å². The zero-order valence-corrected chi connectivity index (χ0v) is 31.9. The second-order valence-corrected chi connectivity index (χ2v) is 12.8. The van der Waals surface area contributed by atoms with Gasteiger partial charge in [-0.2, -0.15) is 0 Å². The van der Waals surface area contributed by atoms with Crippen LogP contribution in [0.3, 0.4) is 0 Å². The maximum Gasteiger partial charge on any atom is -0.00264 e. The van der Waals surface area contributed by atoms with Gasteiger partial charge in [-0.25, -0.2) is 0 Å². The Morgan fingerprint density at radius 1 is 0.615 bits per heavy atom. The molecule has 0 amide bonds. The van der Waals surface area contributed by atoms with Gasteiger partial charge in [0.2, 0.25) is 0 Å². The van der Waals surface area contributed by atoms with Crippen LogP contribution in [0.1, 0.15) is 76.1 Å². The standard InChI is InChI=1S/C49H48.C3H6/c1-8-14-16-23-45(35(7)11-4)39-26-30-40(31-27-39)48-43(12-5)44(13-6)49(41-28-24-38(25-29-41)36(19-9-2)20-10-3)47-34-42(32-33-46(47)48)37-21-17-15-18-22-37;1-3-2/h8-9,12-19,21-34H,2,5-6,10-11,20H2,1,3-4,7H3;3H,1H2,2H3/b14-8-,23-16-,36-19+,45-35+;. The molecule has 0 bridgehead atoms. The Bertz CT molecular complexity index is 2120. The average molecular weight is 679 g/mol. The zero-order chi connectivity index (χ0) is 37.5. The number of allylic oxidation sites excluding steroid dienone is 10. The minimum atomic E-state index is 1.00. The number of rotatable bonds is 13. The van der Waals surface area contributed by atoms with Crippen LogP contribution in [0.25, 0.3) is 67.5 Å². The molecule has 0 saturated heterocycles. The van der Waals surface area contributed by atoms with Crippen LogP contribution >= 0.6 is 0 Å². The van der Waals surface area contributed by atoms with Crippen LogP contribution in [0.5, 0.6) is 0 Å². The molecule has 0 aromatic heterocycles. The molecule has 0 spiro atoms. The predicted octanol–water partition coefficient (Wildman–Crippen LogP) is 16.0. The Labute approximate surface area is 314 Å². The van der Waals surface area contributed by atoms with Crippen LogP contribution in [0.15, 0.2) is 171 Å². The van der Waals surface area contributed by atoms with Crippen molar-refractivity contribution in [1.82, 2.24) is 0 Å². The van der Waals surface area contributed by atoms with Gasteiger partial charge in [-0.15, -0.1) is 6.58 Å². The Morgan fingerprint density at radius 3 is 1.69 bits per heavy atom. The smallest absolute Gasteiger partial charge is 0.00264 e. The number of hydrogen-bond acceptors (Lipinski definition) is 0. The first kappa shape index (κ1) is 39.1. The third-order valence-electron chi connectivity index (χ3n) is 9.33. The van der Waals surface area contributed by atoms with Crippen molar-refractivity contribution in [3.05, 3.63) is 194 Å². The minimum absolute atomic E-state index is 1.00. The molecule has 0 radical (unpaired) electrons. The molecule has 5 rings (SSSR count). The molecule has 0 aliphatic rings. The van der Waals surface area contributed by atoms with Crippen molar-refractivity contribution in [2.24, 2.45) is 0 Å². The van der Waals surface area contributed by atoms with Gasteiger partial charge in [0.1, 0.15) is 0 Å². The lowest BCUT2D eigenvalue weighted by molar-refractivity contribution is 0.973. The summed E-state index contributed by atoms with van der Waals surface area (Å²) in [5, 5.41) is 2.39. The molecule has 0 saturated carbocycles. The summed E-state index contributed by atoms with van der Waals surface area (Å²) in [7, 11) is 0. The molecule has 0 fully saturated rings. The van der Waals surface area contributed by atoms with Crippen molar-refractivity contribution in [3.63, 3.8) is 0 Å². The van der Waals surface area contributed by atoms with E-state index in [1.807, 2.05) is 32.1 Å². The third kappa shape index (κ3) is 8.95. The predicted molar refractivity (Wildman–Crippen MR) is 236 cm³/mol. The van der Waals surface area contributed by atoms with Gasteiger partial charge in [-0.05, 0) is 117 Å². The van der Waals surface area contributed by atoms with Gasteiger partial charge in [0.05, 0.1) is 0 Å². The second-order valence-electron chi connectivity index (χ2n) is 12.8. The van der Waals surface area contributed by atoms with E-state index in [1.165, 1.54) is 60.9 Å². The van der Waals surface area contributed by atoms with Gasteiger partial charge in [-0.3, -0.25) is 0 Å². The molecule has 0 atom stereocenters. The van der Waals surface area contributed by atoms with Crippen LogP contribution < -0.4 is 0 Å². The lowest BCUT2D eigenvalue weighted by atomic mass is 9.82. The van der Waals surface area contributed by atoms with Crippen molar-refractivity contribution in [3.8, 4) is 33.4 Å². The van der Waals surface area contributed by atoms with Crippen molar-refractivity contribution in [2.75, 3.05) is 0 Å². The lowest BCUT2D eigenvalue weighted by Gasteiger charge is -2.21. The fourth-order valence-electron chi connectivity index (χ4n) is 6.73. The van der Waals surface area contributed by atoms with E-state index in [2.05, 4.69) is 175 Å². The fraction of sp³-hybridized carbons (Fsp3) is 0.154. The number of benzene rings is 5. The molecule has 0 nitrogen and oxygen atoms in total. The van der Waals surface area contributed by atoms with E-state index in [0.717, 1.165) is 41.5 Å². The normalized spacial score (nSPS) is 12.0. The largest absolute Gasteiger partial charge is 0.103 e. The summed E-state index contributed by atoms with van der Waals surface area (Å²) >= 11 is 0. The molecule has 0 aliphatic heterocycles. The topological polar surface area (TPSA) is 0 Å². The molecular weight excluding hydrogens is 625 g/mol. The molecule has 5 aromatic rings. The molecule has 0 aliphatic carbocycles. The molecule has 0 N–H and O–H groups in total. The molecule has 0 heterocycles. The Balaban J connectivity index is 0.00000195. The lowest BCUT2D eigenvalue weighted by Crippen LogP contribution is -1.97. The van der Waals surface area contributed by atoms with E-state index in [0.29, 0.717) is 0 Å². The Hall–Kier alpha value is -5.72. The van der Waals surface area contributed by atoms with Gasteiger partial charge in [0, 0.05) is 0 Å². The summed E-state index contributed by atoms with van der Waals surface area (Å²) in [5.41, 5.74) is 15.6. The van der Waals surface area contributed by atoms with E-state index in [9.17, 15) is 0 Å². The maximum atomic E-state index is 4.36. The van der Waals surface area contributed by atoms with Gasteiger partial charge < -0.3 is 0 Å². The monoisotopic (exact) mass is 678 g/mol. The van der Waals surface area contributed by atoms with Crippen molar-refractivity contribution < 1.29 is 0 Å². The summed E-state index contributed by atoms with van der Waals surface area (Å²) in [6.07, 6.45) is 21.4. The van der Waals surface area contributed by atoms with Gasteiger partial charge in [0.25, 0.3) is 0 Å². The summed E-state index contributed by atoms with van der Waals surface area (Å²) in [6, 6.07) is 35.5. The van der Waals surface area contributed by atoms with E-state index in [-0.39, 0.29) is 0 Å². The summed E-state index contributed by atoms with van der Waals surface area (Å²) in [4.78, 5) is 0.